The van der Waals surface area contributed by atoms with Gasteiger partial charge in [-0.1, -0.05) is 24.3 Å². The maximum Gasteiger partial charge on any atom is 0.132 e. The summed E-state index contributed by atoms with van der Waals surface area (Å²) < 4.78 is 5.91. The Morgan fingerprint density at radius 2 is 1.89 bits per heavy atom. The molecular weight excluding hydrogens is 236 g/mol. The van der Waals surface area contributed by atoms with E-state index in [0.29, 0.717) is 11.3 Å². The van der Waals surface area contributed by atoms with Gasteiger partial charge in [0, 0.05) is 11.6 Å². The molecule has 0 fully saturated rings. The highest BCUT2D eigenvalue weighted by Gasteiger charge is 2.09. The van der Waals surface area contributed by atoms with E-state index in [1.807, 2.05) is 44.2 Å². The molecular formula is C16H16N2O. The summed E-state index contributed by atoms with van der Waals surface area (Å²) in [5.41, 5.74) is 8.45. The molecule has 96 valence electrons. The molecule has 2 N–H and O–H groups in total. The van der Waals surface area contributed by atoms with Crippen molar-refractivity contribution in [3.05, 3.63) is 59.2 Å². The third-order valence-electron chi connectivity index (χ3n) is 2.95. The summed E-state index contributed by atoms with van der Waals surface area (Å²) in [7, 11) is 0. The van der Waals surface area contributed by atoms with E-state index in [0.717, 1.165) is 16.9 Å². The maximum atomic E-state index is 8.94. The molecule has 19 heavy (non-hydrogen) atoms. The van der Waals surface area contributed by atoms with E-state index >= 15 is 0 Å². The predicted molar refractivity (Wildman–Crippen MR) is 75.0 cm³/mol. The number of hydrogen-bond acceptors (Lipinski definition) is 3. The van der Waals surface area contributed by atoms with Gasteiger partial charge in [-0.05, 0) is 37.6 Å². The number of rotatable bonds is 3. The van der Waals surface area contributed by atoms with E-state index in [9.17, 15) is 0 Å². The van der Waals surface area contributed by atoms with Crippen LogP contribution in [0.2, 0.25) is 0 Å². The van der Waals surface area contributed by atoms with Crippen molar-refractivity contribution in [2.24, 2.45) is 5.73 Å². The van der Waals surface area contributed by atoms with Gasteiger partial charge in [0.05, 0.1) is 11.6 Å². The Morgan fingerprint density at radius 3 is 2.58 bits per heavy atom. The lowest BCUT2D eigenvalue weighted by atomic mass is 10.1. The molecule has 0 heterocycles. The first-order valence-corrected chi connectivity index (χ1v) is 6.15. The number of para-hydroxylation sites is 1. The summed E-state index contributed by atoms with van der Waals surface area (Å²) in [5.74, 6) is 1.42. The zero-order valence-corrected chi connectivity index (χ0v) is 11.1. The van der Waals surface area contributed by atoms with E-state index in [2.05, 4.69) is 6.07 Å². The van der Waals surface area contributed by atoms with Crippen LogP contribution in [-0.4, -0.2) is 0 Å². The Labute approximate surface area is 113 Å². The molecule has 0 spiro atoms. The molecule has 3 heteroatoms. The van der Waals surface area contributed by atoms with Crippen molar-refractivity contribution >= 4 is 0 Å². The molecule has 0 bridgehead atoms. The molecule has 0 aliphatic carbocycles. The van der Waals surface area contributed by atoms with Gasteiger partial charge in [-0.15, -0.1) is 0 Å². The summed E-state index contributed by atoms with van der Waals surface area (Å²) >= 11 is 0. The summed E-state index contributed by atoms with van der Waals surface area (Å²) in [4.78, 5) is 0. The number of benzene rings is 2. The van der Waals surface area contributed by atoms with Crippen LogP contribution in [0.1, 0.15) is 29.7 Å². The minimum Gasteiger partial charge on any atom is -0.457 e. The van der Waals surface area contributed by atoms with Gasteiger partial charge in [0.2, 0.25) is 0 Å². The lowest BCUT2D eigenvalue weighted by Gasteiger charge is -2.15. The Morgan fingerprint density at radius 1 is 1.16 bits per heavy atom. The van der Waals surface area contributed by atoms with Crippen LogP contribution in [0.5, 0.6) is 11.5 Å². The van der Waals surface area contributed by atoms with Crippen LogP contribution in [0.4, 0.5) is 0 Å². The topological polar surface area (TPSA) is 59.0 Å². The molecule has 2 aromatic rings. The second-order valence-electron chi connectivity index (χ2n) is 4.52. The second kappa shape index (κ2) is 5.55. The number of hydrogen-bond donors (Lipinski definition) is 1. The van der Waals surface area contributed by atoms with Gasteiger partial charge in [0.25, 0.3) is 0 Å². The molecule has 0 saturated heterocycles. The fourth-order valence-electron chi connectivity index (χ4n) is 1.85. The average Bonchev–Trinajstić information content (AvgIpc) is 2.41. The third-order valence-corrected chi connectivity index (χ3v) is 2.95. The van der Waals surface area contributed by atoms with Gasteiger partial charge >= 0.3 is 0 Å². The van der Waals surface area contributed by atoms with Crippen LogP contribution in [0.3, 0.4) is 0 Å². The van der Waals surface area contributed by atoms with Crippen LogP contribution >= 0.6 is 0 Å². The van der Waals surface area contributed by atoms with Gasteiger partial charge in [0.1, 0.15) is 11.5 Å². The van der Waals surface area contributed by atoms with Crippen molar-refractivity contribution in [2.45, 2.75) is 19.9 Å². The average molecular weight is 252 g/mol. The number of nitrogens with two attached hydrogens (primary N) is 1. The minimum atomic E-state index is -0.101. The standard InChI is InChI=1S/C16H16N2O/c1-11-7-8-13(10-17)9-16(11)19-15-6-4-3-5-14(15)12(2)18/h3-9,12H,18H2,1-2H3. The van der Waals surface area contributed by atoms with Crippen LogP contribution < -0.4 is 10.5 Å². The van der Waals surface area contributed by atoms with Crippen molar-refractivity contribution in [1.29, 1.82) is 5.26 Å². The fourth-order valence-corrected chi connectivity index (χ4v) is 1.85. The smallest absolute Gasteiger partial charge is 0.132 e. The predicted octanol–water partition coefficient (Wildman–Crippen LogP) is 3.68. The van der Waals surface area contributed by atoms with Gasteiger partial charge in [-0.2, -0.15) is 5.26 Å². The van der Waals surface area contributed by atoms with Gasteiger partial charge in [0.15, 0.2) is 0 Å². The first-order valence-electron chi connectivity index (χ1n) is 6.15. The molecule has 2 rings (SSSR count). The van der Waals surface area contributed by atoms with Crippen LogP contribution in [0.15, 0.2) is 42.5 Å². The van der Waals surface area contributed by atoms with Crippen LogP contribution in [0, 0.1) is 18.3 Å². The number of aryl methyl sites for hydroxylation is 1. The van der Waals surface area contributed by atoms with Crippen LogP contribution in [0.25, 0.3) is 0 Å². The second-order valence-corrected chi connectivity index (χ2v) is 4.52. The SMILES string of the molecule is Cc1ccc(C#N)cc1Oc1ccccc1C(C)N. The molecule has 0 aliphatic rings. The normalized spacial score (nSPS) is 11.7. The van der Waals surface area contributed by atoms with Crippen molar-refractivity contribution in [3.8, 4) is 17.6 Å². The number of nitriles is 1. The Kier molecular flexibility index (Phi) is 3.84. The third kappa shape index (κ3) is 2.93. The van der Waals surface area contributed by atoms with E-state index < -0.39 is 0 Å². The zero-order chi connectivity index (χ0) is 13.8. The Hall–Kier alpha value is -2.31. The van der Waals surface area contributed by atoms with E-state index in [-0.39, 0.29) is 6.04 Å². The first kappa shape index (κ1) is 13.1. The highest BCUT2D eigenvalue weighted by molar-refractivity contribution is 5.46. The summed E-state index contributed by atoms with van der Waals surface area (Å²) in [6.07, 6.45) is 0. The van der Waals surface area contributed by atoms with Gasteiger partial charge < -0.3 is 10.5 Å². The van der Waals surface area contributed by atoms with E-state index in [1.165, 1.54) is 0 Å². The lowest BCUT2D eigenvalue weighted by Crippen LogP contribution is -2.06. The molecule has 0 saturated carbocycles. The summed E-state index contributed by atoms with van der Waals surface area (Å²) in [6, 6.07) is 15.1. The molecule has 1 atom stereocenters. The van der Waals surface area contributed by atoms with Gasteiger partial charge in [-0.3, -0.25) is 0 Å². The highest BCUT2D eigenvalue weighted by atomic mass is 16.5. The van der Waals surface area contributed by atoms with E-state index in [1.54, 1.807) is 12.1 Å². The maximum absolute atomic E-state index is 8.94. The van der Waals surface area contributed by atoms with Crippen LogP contribution in [-0.2, 0) is 0 Å². The number of ether oxygens (including phenoxy) is 1. The summed E-state index contributed by atoms with van der Waals surface area (Å²) in [6.45, 7) is 3.87. The van der Waals surface area contributed by atoms with E-state index in [4.69, 9.17) is 15.7 Å². The lowest BCUT2D eigenvalue weighted by molar-refractivity contribution is 0.468. The zero-order valence-electron chi connectivity index (χ0n) is 11.1. The molecule has 0 amide bonds. The molecule has 0 aromatic heterocycles. The Bertz CT molecular complexity index is 627. The number of nitrogens with zero attached hydrogens (tertiary/aromatic N) is 1. The molecule has 1 unspecified atom stereocenters. The van der Waals surface area contributed by atoms with Crippen molar-refractivity contribution in [3.63, 3.8) is 0 Å². The van der Waals surface area contributed by atoms with Crippen molar-refractivity contribution in [2.75, 3.05) is 0 Å². The highest BCUT2D eigenvalue weighted by Crippen LogP contribution is 2.30. The molecule has 0 radical (unpaired) electrons. The molecule has 2 aromatic carbocycles. The quantitative estimate of drug-likeness (QED) is 0.906. The molecule has 0 aliphatic heterocycles. The Balaban J connectivity index is 2.39. The minimum absolute atomic E-state index is 0.101. The monoisotopic (exact) mass is 252 g/mol. The van der Waals surface area contributed by atoms with Gasteiger partial charge in [-0.25, -0.2) is 0 Å². The van der Waals surface area contributed by atoms with Crippen molar-refractivity contribution < 1.29 is 4.74 Å². The first-order chi connectivity index (χ1) is 9.11. The molecule has 3 nitrogen and oxygen atoms in total. The summed E-state index contributed by atoms with van der Waals surface area (Å²) in [5, 5.41) is 8.94. The largest absolute Gasteiger partial charge is 0.457 e. The van der Waals surface area contributed by atoms with Crippen molar-refractivity contribution in [1.82, 2.24) is 0 Å². The fraction of sp³-hybridized carbons (Fsp3) is 0.188.